The standard InChI is InChI=1S/C6H10O.C3H8O2/c1-3-5-7-6-4-2;1-3(5)2-4/h3-6H,1-2H3;3-5H,2H2,1H3. The van der Waals surface area contributed by atoms with Crippen LogP contribution in [-0.4, -0.2) is 22.9 Å². The second kappa shape index (κ2) is 12.8. The number of aliphatic hydroxyl groups excluding tert-OH is 2. The fourth-order valence-corrected chi connectivity index (χ4v) is 0.202. The van der Waals surface area contributed by atoms with Crippen molar-refractivity contribution in [3.05, 3.63) is 24.7 Å². The molecule has 12 heavy (non-hydrogen) atoms. The molecular formula is C9H18O3. The number of hydrogen-bond acceptors (Lipinski definition) is 3. The third-order valence-corrected chi connectivity index (χ3v) is 0.694. The summed E-state index contributed by atoms with van der Waals surface area (Å²) in [6, 6.07) is 0. The smallest absolute Gasteiger partial charge is 0.0858 e. The summed E-state index contributed by atoms with van der Waals surface area (Å²) in [5, 5.41) is 16.0. The average molecular weight is 174 g/mol. The summed E-state index contributed by atoms with van der Waals surface area (Å²) in [5.74, 6) is 0. The molecule has 0 aromatic carbocycles. The van der Waals surface area contributed by atoms with Crippen LogP contribution in [0, 0.1) is 0 Å². The maximum atomic E-state index is 8.11. The van der Waals surface area contributed by atoms with Crippen molar-refractivity contribution in [2.45, 2.75) is 26.9 Å². The molecular weight excluding hydrogens is 156 g/mol. The van der Waals surface area contributed by atoms with Crippen LogP contribution in [-0.2, 0) is 4.74 Å². The highest BCUT2D eigenvalue weighted by Gasteiger charge is 1.83. The predicted molar refractivity (Wildman–Crippen MR) is 49.5 cm³/mol. The van der Waals surface area contributed by atoms with Gasteiger partial charge in [-0.15, -0.1) is 0 Å². The summed E-state index contributed by atoms with van der Waals surface area (Å²) in [4.78, 5) is 0. The van der Waals surface area contributed by atoms with Gasteiger partial charge in [0.05, 0.1) is 25.2 Å². The van der Waals surface area contributed by atoms with Crippen molar-refractivity contribution in [2.24, 2.45) is 0 Å². The first-order valence-corrected chi connectivity index (χ1v) is 3.85. The van der Waals surface area contributed by atoms with Crippen molar-refractivity contribution in [1.29, 1.82) is 0 Å². The van der Waals surface area contributed by atoms with Gasteiger partial charge >= 0.3 is 0 Å². The highest BCUT2D eigenvalue weighted by atomic mass is 16.5. The lowest BCUT2D eigenvalue weighted by atomic mass is 10.5. The zero-order valence-corrected chi connectivity index (χ0v) is 7.90. The number of ether oxygens (including phenoxy) is 1. The van der Waals surface area contributed by atoms with E-state index >= 15 is 0 Å². The Morgan fingerprint density at radius 3 is 1.75 bits per heavy atom. The molecule has 0 radical (unpaired) electrons. The molecule has 0 aromatic rings. The quantitative estimate of drug-likeness (QED) is 0.636. The molecule has 0 aromatic heterocycles. The Labute approximate surface area is 74.0 Å². The van der Waals surface area contributed by atoms with E-state index in [9.17, 15) is 0 Å². The third-order valence-electron chi connectivity index (χ3n) is 0.694. The van der Waals surface area contributed by atoms with Crippen molar-refractivity contribution in [3.63, 3.8) is 0 Å². The van der Waals surface area contributed by atoms with Crippen LogP contribution in [0.1, 0.15) is 20.8 Å². The second-order valence-corrected chi connectivity index (χ2v) is 2.11. The van der Waals surface area contributed by atoms with E-state index in [0.29, 0.717) is 0 Å². The first-order valence-electron chi connectivity index (χ1n) is 3.85. The average Bonchev–Trinajstić information content (AvgIpc) is 2.07. The van der Waals surface area contributed by atoms with Gasteiger partial charge in [-0.3, -0.25) is 0 Å². The Bertz CT molecular complexity index is 107. The Balaban J connectivity index is 0. The summed E-state index contributed by atoms with van der Waals surface area (Å²) in [5.41, 5.74) is 0. The number of allylic oxidation sites excluding steroid dienone is 2. The lowest BCUT2D eigenvalue weighted by Gasteiger charge is -1.90. The molecule has 0 bridgehead atoms. The molecule has 1 unspecified atom stereocenters. The van der Waals surface area contributed by atoms with Crippen molar-refractivity contribution in [2.75, 3.05) is 6.61 Å². The molecule has 0 aliphatic carbocycles. The highest BCUT2D eigenvalue weighted by molar-refractivity contribution is 4.73. The van der Waals surface area contributed by atoms with E-state index in [1.54, 1.807) is 12.5 Å². The summed E-state index contributed by atoms with van der Waals surface area (Å²) < 4.78 is 4.77. The lowest BCUT2D eigenvalue weighted by Crippen LogP contribution is -2.03. The Kier molecular flexibility index (Phi) is 14.7. The van der Waals surface area contributed by atoms with E-state index in [-0.39, 0.29) is 6.61 Å². The number of hydrogen-bond donors (Lipinski definition) is 2. The highest BCUT2D eigenvalue weighted by Crippen LogP contribution is 1.76. The largest absolute Gasteiger partial charge is 0.473 e. The molecule has 0 spiro atoms. The van der Waals surface area contributed by atoms with Crippen molar-refractivity contribution >= 4 is 0 Å². The number of rotatable bonds is 3. The minimum atomic E-state index is -0.560. The monoisotopic (exact) mass is 174 g/mol. The zero-order valence-electron chi connectivity index (χ0n) is 7.90. The Morgan fingerprint density at radius 1 is 1.25 bits per heavy atom. The summed E-state index contributed by atoms with van der Waals surface area (Å²) >= 11 is 0. The van der Waals surface area contributed by atoms with E-state index < -0.39 is 6.10 Å². The SMILES string of the molecule is CC(O)CO.CC=COC=CC. The molecule has 0 heterocycles. The van der Waals surface area contributed by atoms with E-state index in [4.69, 9.17) is 14.9 Å². The molecule has 0 fully saturated rings. The van der Waals surface area contributed by atoms with Crippen molar-refractivity contribution in [1.82, 2.24) is 0 Å². The van der Waals surface area contributed by atoms with Crippen LogP contribution in [0.5, 0.6) is 0 Å². The molecule has 3 heteroatoms. The van der Waals surface area contributed by atoms with Gasteiger partial charge < -0.3 is 14.9 Å². The van der Waals surface area contributed by atoms with Gasteiger partial charge in [-0.05, 0) is 20.8 Å². The maximum absolute atomic E-state index is 8.11. The molecule has 0 saturated carbocycles. The van der Waals surface area contributed by atoms with Gasteiger partial charge in [-0.2, -0.15) is 0 Å². The zero-order chi connectivity index (χ0) is 9.82. The molecule has 3 nitrogen and oxygen atoms in total. The van der Waals surface area contributed by atoms with E-state index in [1.807, 2.05) is 26.0 Å². The van der Waals surface area contributed by atoms with Gasteiger partial charge in [0, 0.05) is 0 Å². The van der Waals surface area contributed by atoms with Crippen molar-refractivity contribution in [3.8, 4) is 0 Å². The van der Waals surface area contributed by atoms with Crippen LogP contribution in [0.4, 0.5) is 0 Å². The summed E-state index contributed by atoms with van der Waals surface area (Å²) in [6.07, 6.45) is 6.36. The first kappa shape index (κ1) is 13.8. The molecule has 0 aliphatic heterocycles. The van der Waals surface area contributed by atoms with Gasteiger partial charge in [-0.1, -0.05) is 12.2 Å². The Hall–Kier alpha value is -0.800. The van der Waals surface area contributed by atoms with Crippen molar-refractivity contribution < 1.29 is 14.9 Å². The van der Waals surface area contributed by atoms with Crippen LogP contribution in [0.25, 0.3) is 0 Å². The molecule has 2 N–H and O–H groups in total. The second-order valence-electron chi connectivity index (χ2n) is 2.11. The first-order chi connectivity index (χ1) is 5.68. The fourth-order valence-electron chi connectivity index (χ4n) is 0.202. The van der Waals surface area contributed by atoms with Gasteiger partial charge in [0.1, 0.15) is 0 Å². The number of aliphatic hydroxyl groups is 2. The lowest BCUT2D eigenvalue weighted by molar-refractivity contribution is 0.110. The van der Waals surface area contributed by atoms with Crippen LogP contribution >= 0.6 is 0 Å². The summed E-state index contributed by atoms with van der Waals surface area (Å²) in [6.45, 7) is 5.20. The summed E-state index contributed by atoms with van der Waals surface area (Å²) in [7, 11) is 0. The van der Waals surface area contributed by atoms with Crippen LogP contribution in [0.3, 0.4) is 0 Å². The van der Waals surface area contributed by atoms with Crippen LogP contribution < -0.4 is 0 Å². The third kappa shape index (κ3) is 22.9. The molecule has 0 rings (SSSR count). The van der Waals surface area contributed by atoms with Gasteiger partial charge in [-0.25, -0.2) is 0 Å². The normalized spacial score (nSPS) is 12.8. The predicted octanol–water partition coefficient (Wildman–Crippen LogP) is 1.43. The van der Waals surface area contributed by atoms with E-state index in [1.165, 1.54) is 6.92 Å². The van der Waals surface area contributed by atoms with Gasteiger partial charge in [0.2, 0.25) is 0 Å². The van der Waals surface area contributed by atoms with E-state index in [2.05, 4.69) is 0 Å². The van der Waals surface area contributed by atoms with Crippen LogP contribution in [0.15, 0.2) is 24.7 Å². The molecule has 0 saturated heterocycles. The molecule has 0 amide bonds. The van der Waals surface area contributed by atoms with Gasteiger partial charge in [0.25, 0.3) is 0 Å². The minimum absolute atomic E-state index is 0.139. The molecule has 0 aliphatic rings. The van der Waals surface area contributed by atoms with Crippen LogP contribution in [0.2, 0.25) is 0 Å². The Morgan fingerprint density at radius 2 is 1.58 bits per heavy atom. The van der Waals surface area contributed by atoms with E-state index in [0.717, 1.165) is 0 Å². The molecule has 72 valence electrons. The fraction of sp³-hybridized carbons (Fsp3) is 0.556. The minimum Gasteiger partial charge on any atom is -0.473 e. The topological polar surface area (TPSA) is 49.7 Å². The van der Waals surface area contributed by atoms with Gasteiger partial charge in [0.15, 0.2) is 0 Å². The maximum Gasteiger partial charge on any atom is 0.0858 e. The molecule has 1 atom stereocenters.